The Morgan fingerprint density at radius 1 is 0.962 bits per heavy atom. The van der Waals surface area contributed by atoms with Crippen molar-refractivity contribution in [1.29, 1.82) is 0 Å². The van der Waals surface area contributed by atoms with Crippen molar-refractivity contribution in [3.63, 3.8) is 0 Å². The van der Waals surface area contributed by atoms with Gasteiger partial charge in [-0.3, -0.25) is 0 Å². The van der Waals surface area contributed by atoms with Crippen LogP contribution in [0.1, 0.15) is 18.4 Å². The van der Waals surface area contributed by atoms with E-state index in [9.17, 15) is 22.4 Å². The number of rotatable bonds is 8. The zero-order valence-electron chi connectivity index (χ0n) is 14.7. The second kappa shape index (κ2) is 13.8. The van der Waals surface area contributed by atoms with E-state index < -0.39 is 23.8 Å². The molecule has 2 aromatic rings. The number of hydrogen-bond acceptors (Lipinski definition) is 6. The van der Waals surface area contributed by atoms with Gasteiger partial charge in [0.05, 0.1) is 0 Å². The zero-order valence-corrected chi connectivity index (χ0v) is 22.7. The van der Waals surface area contributed by atoms with E-state index >= 15 is 0 Å². The van der Waals surface area contributed by atoms with E-state index in [1.165, 1.54) is 0 Å². The molecule has 0 aliphatic heterocycles. The zero-order chi connectivity index (χ0) is 17.6. The summed E-state index contributed by atoms with van der Waals surface area (Å²) >= 11 is 0. The molecule has 0 heterocycles. The molecule has 0 fully saturated rings. The summed E-state index contributed by atoms with van der Waals surface area (Å²) in [5.41, 5.74) is 1.26. The van der Waals surface area contributed by atoms with Crippen LogP contribution in [-0.4, -0.2) is 18.4 Å². The Hall–Kier alpha value is 1.64. The van der Waals surface area contributed by atoms with Gasteiger partial charge in [-0.05, 0) is 40.5 Å². The van der Waals surface area contributed by atoms with Crippen molar-refractivity contribution in [2.75, 3.05) is 0 Å². The molecule has 0 aliphatic rings. The summed E-state index contributed by atoms with van der Waals surface area (Å²) in [6, 6.07) is 17.6. The van der Waals surface area contributed by atoms with E-state index in [2.05, 4.69) is 4.52 Å². The van der Waals surface area contributed by atoms with E-state index in [1.54, 1.807) is 0 Å². The molecule has 26 heavy (non-hydrogen) atoms. The maximum absolute atomic E-state index is 11.0. The Bertz CT molecular complexity index is 784. The second-order valence-corrected chi connectivity index (χ2v) is 7.38. The van der Waals surface area contributed by atoms with Gasteiger partial charge in [-0.15, -0.1) is 4.52 Å². The minimum Gasteiger partial charge on any atom is -0.746 e. The average Bonchev–Trinajstić information content (AvgIpc) is 2.54. The molecule has 10 heteroatoms. The first-order valence-corrected chi connectivity index (χ1v) is 9.83. The molecule has 0 aromatic heterocycles. The van der Waals surface area contributed by atoms with Gasteiger partial charge in [-0.25, -0.2) is 8.42 Å². The first kappa shape index (κ1) is 27.6. The molecule has 0 saturated carbocycles. The van der Waals surface area contributed by atoms with Crippen molar-refractivity contribution in [1.82, 2.24) is 0 Å². The first-order valence-electron chi connectivity index (χ1n) is 7.26. The largest absolute Gasteiger partial charge is 1.00 e. The van der Waals surface area contributed by atoms with Crippen molar-refractivity contribution in [2.24, 2.45) is 0 Å². The predicted octanol–water partition coefficient (Wildman–Crippen LogP) is -3.41. The van der Waals surface area contributed by atoms with Gasteiger partial charge >= 0.3 is 111 Å². The Morgan fingerprint density at radius 2 is 1.50 bits per heavy atom. The maximum Gasteiger partial charge on any atom is 1.00 e. The summed E-state index contributed by atoms with van der Waals surface area (Å²) in [4.78, 5) is 10.5. The second-order valence-electron chi connectivity index (χ2n) is 5.21. The summed E-state index contributed by atoms with van der Waals surface area (Å²) in [5, 5.41) is 0. The summed E-state index contributed by atoms with van der Waals surface area (Å²) < 4.78 is 47.5. The molecule has 0 bridgehead atoms. The van der Waals surface area contributed by atoms with Crippen LogP contribution in [0.25, 0.3) is 11.1 Å². The number of aryl methyl sites for hydroxylation is 1. The maximum atomic E-state index is 11.0. The standard InChI is InChI=1S/C16H17O6PS.2K/c17-23(18)22-16(24(19,20)21)8-4-5-13-9-11-15(12-10-13)14-6-2-1-3-7-14;;/h1-3,6-7,9-12,16H,4-5,8H2,(H,19,20,21);;/q;2*+1/p-1. The van der Waals surface area contributed by atoms with Gasteiger partial charge in [-0.1, -0.05) is 54.6 Å². The molecule has 0 radical (unpaired) electrons. The third-order valence-corrected chi connectivity index (χ3v) is 5.04. The van der Waals surface area contributed by atoms with Gasteiger partial charge in [0, 0.05) is 0 Å². The Kier molecular flexibility index (Phi) is 14.7. The van der Waals surface area contributed by atoms with Crippen molar-refractivity contribution in [2.45, 2.75) is 24.7 Å². The fourth-order valence-electron chi connectivity index (χ4n) is 2.31. The first-order chi connectivity index (χ1) is 11.4. The normalized spacial score (nSPS) is 12.5. The summed E-state index contributed by atoms with van der Waals surface area (Å²) in [7, 11) is -8.20. The topological polar surface area (TPSA) is 107 Å². The monoisotopic (exact) mass is 445 g/mol. The molecule has 0 spiro atoms. The van der Waals surface area contributed by atoms with Gasteiger partial charge < -0.3 is 9.45 Å². The fraction of sp³-hybridized carbons (Fsp3) is 0.250. The third kappa shape index (κ3) is 9.91. The Morgan fingerprint density at radius 3 is 2.00 bits per heavy atom. The van der Waals surface area contributed by atoms with Crippen LogP contribution in [0.2, 0.25) is 0 Å². The minimum absolute atomic E-state index is 0. The molecular weight excluding hydrogens is 429 g/mol. The molecular formula is C16H16K2O6PS+. The van der Waals surface area contributed by atoms with E-state index in [4.69, 9.17) is 0 Å². The van der Waals surface area contributed by atoms with Gasteiger partial charge in [0.25, 0.3) is 0 Å². The van der Waals surface area contributed by atoms with Crippen molar-refractivity contribution < 1.29 is 130 Å². The molecule has 2 unspecified atom stereocenters. The van der Waals surface area contributed by atoms with Crippen molar-refractivity contribution >= 4 is 18.4 Å². The third-order valence-electron chi connectivity index (χ3n) is 3.49. The molecule has 0 saturated heterocycles. The van der Waals surface area contributed by atoms with Crippen molar-refractivity contribution in [3.8, 4) is 11.1 Å². The van der Waals surface area contributed by atoms with Crippen LogP contribution in [0, 0.1) is 0 Å². The van der Waals surface area contributed by atoms with Crippen LogP contribution in [0.5, 0.6) is 0 Å². The summed E-state index contributed by atoms with van der Waals surface area (Å²) in [6.45, 7) is 0. The molecule has 2 aromatic carbocycles. The van der Waals surface area contributed by atoms with Crippen LogP contribution in [0.4, 0.5) is 0 Å². The smallest absolute Gasteiger partial charge is 0.746 e. The molecule has 2 atom stereocenters. The summed E-state index contributed by atoms with van der Waals surface area (Å²) in [5.74, 6) is 0. The average molecular weight is 446 g/mol. The van der Waals surface area contributed by atoms with E-state index in [0.29, 0.717) is 12.8 Å². The fourth-order valence-corrected chi connectivity index (χ4v) is 3.70. The van der Waals surface area contributed by atoms with Crippen LogP contribution in [0.3, 0.4) is 0 Å². The quantitative estimate of drug-likeness (QED) is 0.238. The van der Waals surface area contributed by atoms with Gasteiger partial charge in [0.15, 0.2) is 0 Å². The van der Waals surface area contributed by atoms with Crippen LogP contribution >= 0.6 is 8.25 Å². The predicted molar refractivity (Wildman–Crippen MR) is 87.0 cm³/mol. The number of benzene rings is 2. The molecule has 0 aliphatic carbocycles. The molecule has 6 nitrogen and oxygen atoms in total. The van der Waals surface area contributed by atoms with E-state index in [-0.39, 0.29) is 109 Å². The molecule has 2 rings (SSSR count). The van der Waals surface area contributed by atoms with Crippen LogP contribution in [-0.2, 0) is 25.6 Å². The summed E-state index contributed by atoms with van der Waals surface area (Å²) in [6.07, 6.45) is 0.662. The molecule has 0 amide bonds. The molecule has 0 N–H and O–H groups in total. The number of hydrogen-bond donors (Lipinski definition) is 0. The van der Waals surface area contributed by atoms with E-state index in [0.717, 1.165) is 16.7 Å². The van der Waals surface area contributed by atoms with Crippen LogP contribution in [0.15, 0.2) is 54.6 Å². The SMILES string of the molecule is O=[P+]([O-])OC(CCCc1ccc(-c2ccccc2)cc1)S(=O)(=O)[O-].[K+].[K+]. The van der Waals surface area contributed by atoms with E-state index in [1.807, 2.05) is 54.6 Å². The van der Waals surface area contributed by atoms with Crippen LogP contribution < -0.4 is 108 Å². The van der Waals surface area contributed by atoms with Gasteiger partial charge in [-0.2, -0.15) is 0 Å². The van der Waals surface area contributed by atoms with Gasteiger partial charge in [0.2, 0.25) is 5.44 Å². The Labute approximate surface area is 239 Å². The minimum atomic E-state index is -4.81. The van der Waals surface area contributed by atoms with Crippen molar-refractivity contribution in [3.05, 3.63) is 60.2 Å². The van der Waals surface area contributed by atoms with Gasteiger partial charge in [0.1, 0.15) is 10.1 Å². The Balaban J connectivity index is 0.00000312. The molecule has 128 valence electrons.